The van der Waals surface area contributed by atoms with Crippen molar-refractivity contribution in [3.8, 4) is 0 Å². The Hall–Kier alpha value is -0.990. The summed E-state index contributed by atoms with van der Waals surface area (Å²) in [5.41, 5.74) is 1.12. The number of urea groups is 1. The van der Waals surface area contributed by atoms with Crippen LogP contribution in [-0.4, -0.2) is 19.1 Å². The van der Waals surface area contributed by atoms with E-state index in [1.54, 1.807) is 0 Å². The Morgan fingerprint density at radius 1 is 1.60 bits per heavy atom. The molecule has 0 aromatic heterocycles. The van der Waals surface area contributed by atoms with Gasteiger partial charge in [0, 0.05) is 19.0 Å². The Morgan fingerprint density at radius 3 is 2.50 bits per heavy atom. The lowest BCUT2D eigenvalue weighted by atomic mass is 10.0. The monoisotopic (exact) mass is 140 g/mol. The van der Waals surface area contributed by atoms with Crippen LogP contribution in [0.2, 0.25) is 0 Å². The number of hydrogen-bond donors (Lipinski definition) is 2. The first-order valence-corrected chi connectivity index (χ1v) is 3.37. The lowest BCUT2D eigenvalue weighted by molar-refractivity contribution is 0.232. The highest BCUT2D eigenvalue weighted by Crippen LogP contribution is 2.07. The summed E-state index contributed by atoms with van der Waals surface area (Å²) in [6.07, 6.45) is 0. The zero-order valence-corrected chi connectivity index (χ0v) is 6.11. The summed E-state index contributed by atoms with van der Waals surface area (Å²) < 4.78 is 0. The fourth-order valence-corrected chi connectivity index (χ4v) is 0.915. The van der Waals surface area contributed by atoms with Crippen LogP contribution >= 0.6 is 0 Å². The van der Waals surface area contributed by atoms with Crippen molar-refractivity contribution in [2.45, 2.75) is 6.92 Å². The van der Waals surface area contributed by atoms with Crippen molar-refractivity contribution in [1.82, 2.24) is 10.6 Å². The molecule has 0 aliphatic carbocycles. The second kappa shape index (κ2) is 2.73. The van der Waals surface area contributed by atoms with Crippen molar-refractivity contribution in [3.05, 3.63) is 12.2 Å². The molecule has 1 rings (SSSR count). The van der Waals surface area contributed by atoms with Crippen LogP contribution < -0.4 is 10.6 Å². The zero-order valence-electron chi connectivity index (χ0n) is 6.11. The van der Waals surface area contributed by atoms with E-state index in [0.29, 0.717) is 5.92 Å². The summed E-state index contributed by atoms with van der Waals surface area (Å²) in [7, 11) is 0. The lowest BCUT2D eigenvalue weighted by Gasteiger charge is -2.23. The maximum Gasteiger partial charge on any atom is 0.314 e. The molecular weight excluding hydrogens is 128 g/mol. The van der Waals surface area contributed by atoms with E-state index in [2.05, 4.69) is 17.2 Å². The van der Waals surface area contributed by atoms with E-state index in [1.165, 1.54) is 0 Å². The van der Waals surface area contributed by atoms with Crippen LogP contribution in [0.4, 0.5) is 4.79 Å². The summed E-state index contributed by atoms with van der Waals surface area (Å²) >= 11 is 0. The second-order valence-electron chi connectivity index (χ2n) is 2.63. The highest BCUT2D eigenvalue weighted by Gasteiger charge is 2.16. The Labute approximate surface area is 60.5 Å². The van der Waals surface area contributed by atoms with Crippen LogP contribution in [0.25, 0.3) is 0 Å². The summed E-state index contributed by atoms with van der Waals surface area (Å²) in [6.45, 7) is 7.24. The van der Waals surface area contributed by atoms with Crippen molar-refractivity contribution in [2.75, 3.05) is 13.1 Å². The van der Waals surface area contributed by atoms with Crippen molar-refractivity contribution < 1.29 is 4.79 Å². The van der Waals surface area contributed by atoms with Gasteiger partial charge in [-0.3, -0.25) is 0 Å². The molecule has 1 aliphatic heterocycles. The Balaban J connectivity index is 2.40. The first-order chi connectivity index (χ1) is 4.70. The quantitative estimate of drug-likeness (QED) is 0.511. The number of hydrogen-bond acceptors (Lipinski definition) is 1. The van der Waals surface area contributed by atoms with Crippen molar-refractivity contribution in [3.63, 3.8) is 0 Å². The van der Waals surface area contributed by atoms with Gasteiger partial charge in [-0.05, 0) is 6.92 Å². The van der Waals surface area contributed by atoms with Crippen LogP contribution in [0.5, 0.6) is 0 Å². The Bertz CT molecular complexity index is 155. The van der Waals surface area contributed by atoms with Crippen molar-refractivity contribution in [2.24, 2.45) is 5.92 Å². The zero-order chi connectivity index (χ0) is 7.56. The standard InChI is InChI=1S/C7H12N2O/c1-5(2)6-3-8-7(10)9-4-6/h6H,1,3-4H2,2H3,(H2,8,9,10). The van der Waals surface area contributed by atoms with E-state index >= 15 is 0 Å². The first kappa shape index (κ1) is 7.12. The highest BCUT2D eigenvalue weighted by atomic mass is 16.2. The van der Waals surface area contributed by atoms with Gasteiger partial charge in [0.1, 0.15) is 0 Å². The van der Waals surface area contributed by atoms with Crippen molar-refractivity contribution in [1.29, 1.82) is 0 Å². The molecule has 0 atom stereocenters. The number of nitrogens with one attached hydrogen (secondary N) is 2. The van der Waals surface area contributed by atoms with Crippen LogP contribution in [0.3, 0.4) is 0 Å². The van der Waals surface area contributed by atoms with Crippen LogP contribution in [0.15, 0.2) is 12.2 Å². The second-order valence-corrected chi connectivity index (χ2v) is 2.63. The fourth-order valence-electron chi connectivity index (χ4n) is 0.915. The highest BCUT2D eigenvalue weighted by molar-refractivity contribution is 5.74. The first-order valence-electron chi connectivity index (χ1n) is 3.37. The third kappa shape index (κ3) is 1.50. The number of amides is 2. The van der Waals surface area contributed by atoms with Gasteiger partial charge in [0.15, 0.2) is 0 Å². The molecule has 3 nitrogen and oxygen atoms in total. The minimum absolute atomic E-state index is 0.0718. The number of rotatable bonds is 1. The van der Waals surface area contributed by atoms with E-state index < -0.39 is 0 Å². The minimum atomic E-state index is -0.0718. The van der Waals surface area contributed by atoms with Gasteiger partial charge in [-0.15, -0.1) is 0 Å². The Morgan fingerprint density at radius 2 is 2.10 bits per heavy atom. The van der Waals surface area contributed by atoms with Crippen LogP contribution in [-0.2, 0) is 0 Å². The smallest absolute Gasteiger partial charge is 0.314 e. The molecule has 0 bridgehead atoms. The minimum Gasteiger partial charge on any atom is -0.337 e. The molecule has 0 saturated carbocycles. The summed E-state index contributed by atoms with van der Waals surface area (Å²) in [6, 6.07) is -0.0718. The molecule has 0 aromatic rings. The van der Waals surface area contributed by atoms with E-state index in [4.69, 9.17) is 0 Å². The average molecular weight is 140 g/mol. The van der Waals surface area contributed by atoms with Gasteiger partial charge in [-0.25, -0.2) is 4.79 Å². The van der Waals surface area contributed by atoms with Crippen molar-refractivity contribution >= 4 is 6.03 Å². The normalized spacial score (nSPS) is 19.5. The largest absolute Gasteiger partial charge is 0.337 e. The van der Waals surface area contributed by atoms with Gasteiger partial charge in [0.05, 0.1) is 0 Å². The van der Waals surface area contributed by atoms with Gasteiger partial charge in [0.2, 0.25) is 0 Å². The number of carbonyl (C=O) groups is 1. The van der Waals surface area contributed by atoms with Gasteiger partial charge in [-0.1, -0.05) is 12.2 Å². The molecule has 0 spiro atoms. The molecule has 56 valence electrons. The van der Waals surface area contributed by atoms with Gasteiger partial charge in [-0.2, -0.15) is 0 Å². The molecule has 1 fully saturated rings. The molecule has 0 aromatic carbocycles. The van der Waals surface area contributed by atoms with Crippen LogP contribution in [0.1, 0.15) is 6.92 Å². The molecule has 1 aliphatic rings. The molecule has 2 amide bonds. The summed E-state index contributed by atoms with van der Waals surface area (Å²) in [4.78, 5) is 10.6. The molecular formula is C7H12N2O. The Kier molecular flexibility index (Phi) is 1.94. The molecule has 1 heterocycles. The van der Waals surface area contributed by atoms with E-state index in [-0.39, 0.29) is 6.03 Å². The van der Waals surface area contributed by atoms with E-state index in [0.717, 1.165) is 18.7 Å². The summed E-state index contributed by atoms with van der Waals surface area (Å²) in [5, 5.41) is 5.41. The molecule has 1 saturated heterocycles. The van der Waals surface area contributed by atoms with E-state index in [9.17, 15) is 4.79 Å². The predicted octanol–water partition coefficient (Wildman–Crippen LogP) is 0.491. The maximum atomic E-state index is 10.6. The van der Waals surface area contributed by atoms with E-state index in [1.807, 2.05) is 6.92 Å². The van der Waals surface area contributed by atoms with Gasteiger partial charge in [0.25, 0.3) is 0 Å². The third-order valence-electron chi connectivity index (χ3n) is 1.71. The molecule has 2 N–H and O–H groups in total. The molecule has 10 heavy (non-hydrogen) atoms. The average Bonchev–Trinajstić information content (AvgIpc) is 1.88. The van der Waals surface area contributed by atoms with Gasteiger partial charge >= 0.3 is 6.03 Å². The maximum absolute atomic E-state index is 10.6. The molecule has 0 radical (unpaired) electrons. The fraction of sp³-hybridized carbons (Fsp3) is 0.571. The summed E-state index contributed by atoms with van der Waals surface area (Å²) in [5.74, 6) is 0.401. The molecule has 3 heteroatoms. The lowest BCUT2D eigenvalue weighted by Crippen LogP contribution is -2.48. The molecule has 0 unspecified atom stereocenters. The SMILES string of the molecule is C=C(C)C1CNC(=O)NC1. The third-order valence-corrected chi connectivity index (χ3v) is 1.71. The van der Waals surface area contributed by atoms with Crippen LogP contribution in [0, 0.1) is 5.92 Å². The number of carbonyl (C=O) groups excluding carboxylic acids is 1. The predicted molar refractivity (Wildman–Crippen MR) is 39.7 cm³/mol. The van der Waals surface area contributed by atoms with Gasteiger partial charge < -0.3 is 10.6 Å². The topological polar surface area (TPSA) is 41.1 Å².